The third-order valence-corrected chi connectivity index (χ3v) is 4.27. The number of piperidine rings is 1. The number of likely N-dealkylation sites (tertiary alicyclic amines) is 1. The van der Waals surface area contributed by atoms with Gasteiger partial charge < -0.3 is 19.7 Å². The van der Waals surface area contributed by atoms with Crippen molar-refractivity contribution in [3.63, 3.8) is 0 Å². The van der Waals surface area contributed by atoms with Gasteiger partial charge >= 0.3 is 0 Å². The SMILES string of the molecule is CNCc1cc(OC)ccc1OCCC1CCCCN1C. The zero-order valence-electron chi connectivity index (χ0n) is 13.5. The first-order chi connectivity index (χ1) is 10.2. The lowest BCUT2D eigenvalue weighted by Crippen LogP contribution is -2.37. The molecule has 4 heteroatoms. The molecule has 0 aliphatic carbocycles. The summed E-state index contributed by atoms with van der Waals surface area (Å²) in [6, 6.07) is 6.68. The van der Waals surface area contributed by atoms with Crippen molar-refractivity contribution in [2.75, 3.05) is 34.4 Å². The van der Waals surface area contributed by atoms with Gasteiger partial charge in [-0.25, -0.2) is 0 Å². The highest BCUT2D eigenvalue weighted by atomic mass is 16.5. The quantitative estimate of drug-likeness (QED) is 0.838. The van der Waals surface area contributed by atoms with E-state index in [0.29, 0.717) is 6.04 Å². The third-order valence-electron chi connectivity index (χ3n) is 4.27. The van der Waals surface area contributed by atoms with Crippen LogP contribution in [0.25, 0.3) is 0 Å². The van der Waals surface area contributed by atoms with Crippen LogP contribution in [0.5, 0.6) is 11.5 Å². The molecule has 0 amide bonds. The maximum atomic E-state index is 6.02. The molecule has 1 N–H and O–H groups in total. The minimum Gasteiger partial charge on any atom is -0.497 e. The molecule has 0 bridgehead atoms. The third kappa shape index (κ3) is 4.61. The Balaban J connectivity index is 1.89. The van der Waals surface area contributed by atoms with Crippen molar-refractivity contribution in [2.24, 2.45) is 0 Å². The van der Waals surface area contributed by atoms with Gasteiger partial charge in [0.1, 0.15) is 11.5 Å². The molecule has 21 heavy (non-hydrogen) atoms. The van der Waals surface area contributed by atoms with E-state index in [9.17, 15) is 0 Å². The lowest BCUT2D eigenvalue weighted by molar-refractivity contribution is 0.152. The Kier molecular flexibility index (Phi) is 6.33. The first-order valence-corrected chi connectivity index (χ1v) is 7.89. The van der Waals surface area contributed by atoms with Crippen molar-refractivity contribution in [1.82, 2.24) is 10.2 Å². The largest absolute Gasteiger partial charge is 0.497 e. The molecule has 1 atom stereocenters. The number of rotatable bonds is 7. The number of nitrogens with one attached hydrogen (secondary N) is 1. The van der Waals surface area contributed by atoms with Gasteiger partial charge in [0.15, 0.2) is 0 Å². The molecule has 0 saturated carbocycles. The molecule has 1 aliphatic rings. The lowest BCUT2D eigenvalue weighted by atomic mass is 10.0. The zero-order chi connectivity index (χ0) is 15.1. The summed E-state index contributed by atoms with van der Waals surface area (Å²) in [4.78, 5) is 2.47. The van der Waals surface area contributed by atoms with Crippen molar-refractivity contribution in [2.45, 2.75) is 38.3 Å². The van der Waals surface area contributed by atoms with Crippen molar-refractivity contribution in [3.8, 4) is 11.5 Å². The van der Waals surface area contributed by atoms with Gasteiger partial charge in [0.25, 0.3) is 0 Å². The van der Waals surface area contributed by atoms with Crippen LogP contribution in [0.4, 0.5) is 0 Å². The molecule has 1 heterocycles. The minimum atomic E-state index is 0.671. The second-order valence-corrected chi connectivity index (χ2v) is 5.77. The van der Waals surface area contributed by atoms with E-state index in [2.05, 4.69) is 17.3 Å². The number of hydrogen-bond acceptors (Lipinski definition) is 4. The Morgan fingerprint density at radius 1 is 1.33 bits per heavy atom. The van der Waals surface area contributed by atoms with Crippen molar-refractivity contribution >= 4 is 0 Å². The summed E-state index contributed by atoms with van der Waals surface area (Å²) in [6.07, 6.45) is 5.08. The first kappa shape index (κ1) is 16.1. The lowest BCUT2D eigenvalue weighted by Gasteiger charge is -2.32. The molecule has 1 unspecified atom stereocenters. The molecule has 1 aliphatic heterocycles. The Morgan fingerprint density at radius 2 is 2.19 bits per heavy atom. The molecule has 118 valence electrons. The first-order valence-electron chi connectivity index (χ1n) is 7.89. The van der Waals surface area contributed by atoms with E-state index in [1.54, 1.807) is 7.11 Å². The summed E-state index contributed by atoms with van der Waals surface area (Å²) < 4.78 is 11.3. The van der Waals surface area contributed by atoms with Crippen LogP contribution < -0.4 is 14.8 Å². The summed E-state index contributed by atoms with van der Waals surface area (Å²) in [5, 5.41) is 3.18. The van der Waals surface area contributed by atoms with Gasteiger partial charge in [-0.05, 0) is 58.1 Å². The molecule has 0 aromatic heterocycles. The fourth-order valence-corrected chi connectivity index (χ4v) is 2.97. The monoisotopic (exact) mass is 292 g/mol. The number of hydrogen-bond donors (Lipinski definition) is 1. The van der Waals surface area contributed by atoms with Crippen LogP contribution in [0, 0.1) is 0 Å². The topological polar surface area (TPSA) is 33.7 Å². The molecule has 4 nitrogen and oxygen atoms in total. The van der Waals surface area contributed by atoms with Gasteiger partial charge in [-0.1, -0.05) is 6.42 Å². The van der Waals surface area contributed by atoms with Crippen molar-refractivity contribution in [1.29, 1.82) is 0 Å². The Hall–Kier alpha value is -1.26. The van der Waals surface area contributed by atoms with E-state index in [1.807, 2.05) is 25.2 Å². The average Bonchev–Trinajstić information content (AvgIpc) is 2.51. The van der Waals surface area contributed by atoms with Crippen molar-refractivity contribution < 1.29 is 9.47 Å². The maximum absolute atomic E-state index is 6.02. The molecule has 2 rings (SSSR count). The summed E-state index contributed by atoms with van der Waals surface area (Å²) in [5.74, 6) is 1.84. The van der Waals surface area contributed by atoms with E-state index in [0.717, 1.165) is 36.6 Å². The fraction of sp³-hybridized carbons (Fsp3) is 0.647. The van der Waals surface area contributed by atoms with Crippen LogP contribution >= 0.6 is 0 Å². The van der Waals surface area contributed by atoms with Gasteiger partial charge in [-0.15, -0.1) is 0 Å². The second kappa shape index (κ2) is 8.25. The van der Waals surface area contributed by atoms with Gasteiger partial charge in [0, 0.05) is 18.2 Å². The Labute approximate surface area is 128 Å². The predicted octanol–water partition coefficient (Wildman–Crippen LogP) is 2.67. The van der Waals surface area contributed by atoms with E-state index in [4.69, 9.17) is 9.47 Å². The Bertz CT molecular complexity index is 437. The van der Waals surface area contributed by atoms with Gasteiger partial charge in [0.05, 0.1) is 13.7 Å². The number of nitrogens with zero attached hydrogens (tertiary/aromatic N) is 1. The highest BCUT2D eigenvalue weighted by Crippen LogP contribution is 2.25. The molecule has 1 aromatic carbocycles. The molecular formula is C17H28N2O2. The van der Waals surface area contributed by atoms with Crippen LogP contribution in [0.2, 0.25) is 0 Å². The van der Waals surface area contributed by atoms with Gasteiger partial charge in [0.2, 0.25) is 0 Å². The minimum absolute atomic E-state index is 0.671. The predicted molar refractivity (Wildman–Crippen MR) is 86.1 cm³/mol. The second-order valence-electron chi connectivity index (χ2n) is 5.77. The smallest absolute Gasteiger partial charge is 0.124 e. The summed E-state index contributed by atoms with van der Waals surface area (Å²) in [6.45, 7) is 2.78. The van der Waals surface area contributed by atoms with Crippen LogP contribution in [0.3, 0.4) is 0 Å². The summed E-state index contributed by atoms with van der Waals surface area (Å²) in [7, 11) is 5.86. The molecule has 1 saturated heterocycles. The van der Waals surface area contributed by atoms with Gasteiger partial charge in [-0.2, -0.15) is 0 Å². The van der Waals surface area contributed by atoms with Crippen LogP contribution in [0.15, 0.2) is 18.2 Å². The van der Waals surface area contributed by atoms with Crippen molar-refractivity contribution in [3.05, 3.63) is 23.8 Å². The van der Waals surface area contributed by atoms with E-state index >= 15 is 0 Å². The number of ether oxygens (including phenoxy) is 2. The number of methoxy groups -OCH3 is 1. The van der Waals surface area contributed by atoms with E-state index < -0.39 is 0 Å². The Morgan fingerprint density at radius 3 is 2.90 bits per heavy atom. The maximum Gasteiger partial charge on any atom is 0.124 e. The molecule has 0 radical (unpaired) electrons. The van der Waals surface area contributed by atoms with Gasteiger partial charge in [-0.3, -0.25) is 0 Å². The normalized spacial score (nSPS) is 19.5. The highest BCUT2D eigenvalue weighted by Gasteiger charge is 2.18. The molecular weight excluding hydrogens is 264 g/mol. The molecule has 1 fully saturated rings. The van der Waals surface area contributed by atoms with Crippen LogP contribution in [-0.2, 0) is 6.54 Å². The van der Waals surface area contributed by atoms with Crippen LogP contribution in [-0.4, -0.2) is 45.3 Å². The zero-order valence-corrected chi connectivity index (χ0v) is 13.5. The summed E-state index contributed by atoms with van der Waals surface area (Å²) >= 11 is 0. The van der Waals surface area contributed by atoms with Crippen LogP contribution in [0.1, 0.15) is 31.2 Å². The molecule has 1 aromatic rings. The highest BCUT2D eigenvalue weighted by molar-refractivity contribution is 5.40. The molecule has 0 spiro atoms. The summed E-state index contributed by atoms with van der Waals surface area (Å²) in [5.41, 5.74) is 1.15. The number of benzene rings is 1. The standard InChI is InChI=1S/C17H28N2O2/c1-18-13-14-12-16(20-3)7-8-17(14)21-11-9-15-6-4-5-10-19(15)2/h7-8,12,15,18H,4-6,9-11,13H2,1-3H3. The average molecular weight is 292 g/mol. The van der Waals surface area contributed by atoms with E-state index in [1.165, 1.54) is 25.8 Å². The fourth-order valence-electron chi connectivity index (χ4n) is 2.97. The van der Waals surface area contributed by atoms with E-state index in [-0.39, 0.29) is 0 Å².